The van der Waals surface area contributed by atoms with Gasteiger partial charge in [-0.2, -0.15) is 0 Å². The van der Waals surface area contributed by atoms with Crippen molar-refractivity contribution in [1.82, 2.24) is 4.90 Å². The lowest BCUT2D eigenvalue weighted by molar-refractivity contribution is 0.365. The normalized spacial score (nSPS) is 23.5. The van der Waals surface area contributed by atoms with Crippen LogP contribution >= 0.6 is 0 Å². The Kier molecular flexibility index (Phi) is 3.46. The summed E-state index contributed by atoms with van der Waals surface area (Å²) in [6.07, 6.45) is 1.17. The summed E-state index contributed by atoms with van der Waals surface area (Å²) >= 11 is 0. The van der Waals surface area contributed by atoms with Crippen LogP contribution < -0.4 is 5.73 Å². The van der Waals surface area contributed by atoms with Gasteiger partial charge in [0.15, 0.2) is 0 Å². The summed E-state index contributed by atoms with van der Waals surface area (Å²) < 4.78 is 0. The van der Waals surface area contributed by atoms with Crippen molar-refractivity contribution in [3.63, 3.8) is 0 Å². The molecule has 1 aromatic rings. The van der Waals surface area contributed by atoms with Crippen LogP contribution in [0.1, 0.15) is 17.9 Å². The van der Waals surface area contributed by atoms with Gasteiger partial charge < -0.3 is 15.7 Å². The molecule has 3 N–H and O–H groups in total. The number of benzene rings is 1. The fourth-order valence-corrected chi connectivity index (χ4v) is 2.67. The van der Waals surface area contributed by atoms with Crippen molar-refractivity contribution in [3.05, 3.63) is 29.8 Å². The molecule has 1 heterocycles. The van der Waals surface area contributed by atoms with E-state index in [1.165, 1.54) is 6.42 Å². The van der Waals surface area contributed by atoms with Crippen molar-refractivity contribution >= 4 is 0 Å². The molecule has 0 saturated carbocycles. The van der Waals surface area contributed by atoms with Gasteiger partial charge in [0.25, 0.3) is 0 Å². The molecule has 3 heteroatoms. The van der Waals surface area contributed by atoms with E-state index in [0.717, 1.165) is 18.7 Å². The van der Waals surface area contributed by atoms with Crippen molar-refractivity contribution in [2.75, 3.05) is 26.7 Å². The van der Waals surface area contributed by atoms with Gasteiger partial charge in [-0.3, -0.25) is 0 Å². The summed E-state index contributed by atoms with van der Waals surface area (Å²) in [5.74, 6) is 1.24. The highest BCUT2D eigenvalue weighted by molar-refractivity contribution is 5.35. The molecule has 0 amide bonds. The maximum absolute atomic E-state index is 9.87. The third-order valence-corrected chi connectivity index (χ3v) is 3.59. The molecule has 2 rings (SSSR count). The summed E-state index contributed by atoms with van der Waals surface area (Å²) in [6.45, 7) is 2.82. The second kappa shape index (κ2) is 4.85. The largest absolute Gasteiger partial charge is 0.508 e. The molecule has 16 heavy (non-hydrogen) atoms. The zero-order valence-corrected chi connectivity index (χ0v) is 9.76. The number of rotatable bonds is 3. The fourth-order valence-electron chi connectivity index (χ4n) is 2.67. The first-order valence-electron chi connectivity index (χ1n) is 5.89. The van der Waals surface area contributed by atoms with Crippen LogP contribution in [0.2, 0.25) is 0 Å². The molecule has 2 unspecified atom stereocenters. The van der Waals surface area contributed by atoms with E-state index >= 15 is 0 Å². The van der Waals surface area contributed by atoms with Crippen molar-refractivity contribution in [1.29, 1.82) is 0 Å². The molecule has 0 radical (unpaired) electrons. The van der Waals surface area contributed by atoms with Crippen LogP contribution in [0.5, 0.6) is 5.75 Å². The predicted molar refractivity (Wildman–Crippen MR) is 65.5 cm³/mol. The number of nitrogens with two attached hydrogens (primary N) is 1. The van der Waals surface area contributed by atoms with Gasteiger partial charge in [-0.15, -0.1) is 0 Å². The zero-order valence-electron chi connectivity index (χ0n) is 9.76. The van der Waals surface area contributed by atoms with Crippen LogP contribution in [-0.2, 0) is 0 Å². The number of aromatic hydroxyl groups is 1. The molecule has 0 bridgehead atoms. The summed E-state index contributed by atoms with van der Waals surface area (Å²) in [7, 11) is 2.14. The molecule has 1 aliphatic rings. The Morgan fingerprint density at radius 3 is 2.81 bits per heavy atom. The van der Waals surface area contributed by atoms with E-state index in [2.05, 4.69) is 11.9 Å². The van der Waals surface area contributed by atoms with E-state index in [0.29, 0.717) is 18.2 Å². The lowest BCUT2D eigenvalue weighted by Crippen LogP contribution is -2.24. The molecule has 1 aromatic carbocycles. The second-order valence-corrected chi connectivity index (χ2v) is 4.71. The second-order valence-electron chi connectivity index (χ2n) is 4.71. The van der Waals surface area contributed by atoms with Crippen molar-refractivity contribution in [2.24, 2.45) is 11.7 Å². The Bertz CT molecular complexity index is 354. The minimum Gasteiger partial charge on any atom is -0.508 e. The quantitative estimate of drug-likeness (QED) is 0.809. The Hall–Kier alpha value is -1.06. The average Bonchev–Trinajstić information content (AvgIpc) is 2.69. The molecule has 0 aromatic heterocycles. The van der Waals surface area contributed by atoms with Crippen LogP contribution in [0, 0.1) is 5.92 Å². The number of hydrogen-bond acceptors (Lipinski definition) is 3. The molecule has 1 fully saturated rings. The zero-order chi connectivity index (χ0) is 11.5. The molecule has 0 aliphatic carbocycles. The predicted octanol–water partition coefficient (Wildman–Crippen LogP) is 1.39. The van der Waals surface area contributed by atoms with Crippen LogP contribution in [-0.4, -0.2) is 36.7 Å². The molecule has 0 spiro atoms. The fraction of sp³-hybridized carbons (Fsp3) is 0.538. The average molecular weight is 220 g/mol. The lowest BCUT2D eigenvalue weighted by atomic mass is 9.85. The van der Waals surface area contributed by atoms with E-state index in [9.17, 15) is 5.11 Å². The number of phenols is 1. The SMILES string of the molecule is CN1CCC(C(CN)c2ccccc2O)C1. The smallest absolute Gasteiger partial charge is 0.119 e. The first-order valence-corrected chi connectivity index (χ1v) is 5.89. The van der Waals surface area contributed by atoms with Gasteiger partial charge in [-0.25, -0.2) is 0 Å². The van der Waals surface area contributed by atoms with Gasteiger partial charge in [-0.1, -0.05) is 18.2 Å². The first-order chi connectivity index (χ1) is 7.72. The molecular weight excluding hydrogens is 200 g/mol. The molecule has 1 aliphatic heterocycles. The first kappa shape index (κ1) is 11.4. The van der Waals surface area contributed by atoms with Gasteiger partial charge in [0.05, 0.1) is 0 Å². The summed E-state index contributed by atoms with van der Waals surface area (Å²) in [6, 6.07) is 7.56. The Morgan fingerprint density at radius 2 is 2.25 bits per heavy atom. The maximum atomic E-state index is 9.87. The van der Waals surface area contributed by atoms with E-state index < -0.39 is 0 Å². The number of nitrogens with zero attached hydrogens (tertiary/aromatic N) is 1. The van der Waals surface area contributed by atoms with E-state index in [4.69, 9.17) is 5.73 Å². The van der Waals surface area contributed by atoms with Crippen molar-refractivity contribution in [3.8, 4) is 5.75 Å². The number of likely N-dealkylation sites (tertiary alicyclic amines) is 1. The van der Waals surface area contributed by atoms with E-state index in [1.807, 2.05) is 18.2 Å². The van der Waals surface area contributed by atoms with Crippen LogP contribution in [0.3, 0.4) is 0 Å². The monoisotopic (exact) mass is 220 g/mol. The van der Waals surface area contributed by atoms with Crippen molar-refractivity contribution in [2.45, 2.75) is 12.3 Å². The molecule has 88 valence electrons. The summed E-state index contributed by atoms with van der Waals surface area (Å²) in [4.78, 5) is 2.33. The van der Waals surface area contributed by atoms with Crippen molar-refractivity contribution < 1.29 is 5.11 Å². The minimum atomic E-state index is 0.283. The lowest BCUT2D eigenvalue weighted by Gasteiger charge is -2.23. The standard InChI is InChI=1S/C13H20N2O/c1-15-7-6-10(9-15)12(8-14)11-4-2-3-5-13(11)16/h2-5,10,12,16H,6-9,14H2,1H3. The van der Waals surface area contributed by atoms with Crippen LogP contribution in [0.15, 0.2) is 24.3 Å². The Labute approximate surface area is 96.9 Å². The van der Waals surface area contributed by atoms with E-state index in [1.54, 1.807) is 6.07 Å². The third-order valence-electron chi connectivity index (χ3n) is 3.59. The van der Waals surface area contributed by atoms with Gasteiger partial charge in [0.1, 0.15) is 5.75 Å². The number of hydrogen-bond donors (Lipinski definition) is 2. The highest BCUT2D eigenvalue weighted by Gasteiger charge is 2.29. The summed E-state index contributed by atoms with van der Waals surface area (Å²) in [5, 5.41) is 9.87. The Morgan fingerprint density at radius 1 is 1.50 bits per heavy atom. The molecule has 1 saturated heterocycles. The minimum absolute atomic E-state index is 0.283. The van der Waals surface area contributed by atoms with Crippen LogP contribution in [0.4, 0.5) is 0 Å². The summed E-state index contributed by atoms with van der Waals surface area (Å²) in [5.41, 5.74) is 6.87. The Balaban J connectivity index is 2.19. The number of para-hydroxylation sites is 1. The van der Waals surface area contributed by atoms with E-state index in [-0.39, 0.29) is 5.92 Å². The highest BCUT2D eigenvalue weighted by atomic mass is 16.3. The molecule has 3 nitrogen and oxygen atoms in total. The van der Waals surface area contributed by atoms with Gasteiger partial charge >= 0.3 is 0 Å². The molecule has 2 atom stereocenters. The van der Waals surface area contributed by atoms with Crippen LogP contribution in [0.25, 0.3) is 0 Å². The number of phenolic OH excluding ortho intramolecular Hbond substituents is 1. The van der Waals surface area contributed by atoms with Gasteiger partial charge in [0, 0.05) is 12.5 Å². The highest BCUT2D eigenvalue weighted by Crippen LogP contribution is 2.34. The topological polar surface area (TPSA) is 49.5 Å². The third kappa shape index (κ3) is 2.20. The van der Waals surface area contributed by atoms with Gasteiger partial charge in [-0.05, 0) is 44.1 Å². The molecular formula is C13H20N2O. The maximum Gasteiger partial charge on any atom is 0.119 e. The van der Waals surface area contributed by atoms with Gasteiger partial charge in [0.2, 0.25) is 0 Å².